The summed E-state index contributed by atoms with van der Waals surface area (Å²) in [4.78, 5) is 16.4. The average Bonchev–Trinajstić information content (AvgIpc) is 3.32. The zero-order valence-corrected chi connectivity index (χ0v) is 17.6. The maximum atomic E-state index is 14.0. The number of hydrogen-bond acceptors (Lipinski definition) is 6. The number of alkyl halides is 3. The van der Waals surface area contributed by atoms with Gasteiger partial charge in [-0.05, 0) is 49.1 Å². The van der Waals surface area contributed by atoms with Gasteiger partial charge in [-0.3, -0.25) is 4.79 Å². The van der Waals surface area contributed by atoms with E-state index in [9.17, 15) is 22.4 Å². The van der Waals surface area contributed by atoms with Crippen LogP contribution in [0, 0.1) is 11.7 Å². The van der Waals surface area contributed by atoms with Crippen molar-refractivity contribution in [1.29, 1.82) is 0 Å². The summed E-state index contributed by atoms with van der Waals surface area (Å²) in [7, 11) is 0. The van der Waals surface area contributed by atoms with Crippen LogP contribution in [0.25, 0.3) is 5.69 Å². The highest BCUT2D eigenvalue weighted by molar-refractivity contribution is 5.98. The highest BCUT2D eigenvalue weighted by atomic mass is 19.4. The van der Waals surface area contributed by atoms with Crippen LogP contribution in [0.2, 0.25) is 0 Å². The van der Waals surface area contributed by atoms with E-state index in [2.05, 4.69) is 25.7 Å². The third-order valence-corrected chi connectivity index (χ3v) is 5.65. The molecule has 2 aromatic heterocycles. The van der Waals surface area contributed by atoms with Gasteiger partial charge in [0.25, 0.3) is 5.91 Å². The molecule has 3 heterocycles. The molecule has 0 bridgehead atoms. The number of anilines is 1. The van der Waals surface area contributed by atoms with Crippen molar-refractivity contribution in [3.63, 3.8) is 0 Å². The Morgan fingerprint density at radius 2 is 1.91 bits per heavy atom. The molecule has 1 aliphatic heterocycles. The Hall–Kier alpha value is -3.57. The molecule has 0 radical (unpaired) electrons. The lowest BCUT2D eigenvalue weighted by Gasteiger charge is -2.40. The lowest BCUT2D eigenvalue weighted by molar-refractivity contribution is -0.141. The van der Waals surface area contributed by atoms with Crippen LogP contribution in [0.5, 0.6) is 0 Å². The van der Waals surface area contributed by atoms with Gasteiger partial charge in [-0.1, -0.05) is 6.92 Å². The zero-order chi connectivity index (χ0) is 23.6. The van der Waals surface area contributed by atoms with Crippen LogP contribution in [-0.4, -0.2) is 55.1 Å². The van der Waals surface area contributed by atoms with Gasteiger partial charge in [-0.25, -0.2) is 4.39 Å². The van der Waals surface area contributed by atoms with E-state index in [4.69, 9.17) is 0 Å². The van der Waals surface area contributed by atoms with E-state index in [0.717, 1.165) is 25.0 Å². The molecule has 12 heteroatoms. The van der Waals surface area contributed by atoms with Crippen molar-refractivity contribution in [3.05, 3.63) is 59.8 Å². The zero-order valence-electron chi connectivity index (χ0n) is 17.6. The number of nitrogens with zero attached hydrogens (tertiary/aromatic N) is 6. The molecular formula is C21H21F4N7O. The molecule has 1 aliphatic rings. The second-order valence-electron chi connectivity index (χ2n) is 7.85. The van der Waals surface area contributed by atoms with Gasteiger partial charge < -0.3 is 10.2 Å². The van der Waals surface area contributed by atoms with Crippen LogP contribution in [-0.2, 0) is 6.18 Å². The SMILES string of the molecule is C[C@@H]1CCCN(C(=O)c2cc(F)ccc2-n2nccn2)[C@@H]1CNc1ccc(C(F)(F)F)nn1. The fraction of sp³-hybridized carbons (Fsp3) is 0.381. The average molecular weight is 463 g/mol. The third-order valence-electron chi connectivity index (χ3n) is 5.65. The van der Waals surface area contributed by atoms with Gasteiger partial charge in [-0.15, -0.1) is 10.2 Å². The van der Waals surface area contributed by atoms with Crippen LogP contribution >= 0.6 is 0 Å². The monoisotopic (exact) mass is 463 g/mol. The fourth-order valence-corrected chi connectivity index (χ4v) is 3.95. The van der Waals surface area contributed by atoms with Gasteiger partial charge in [0.2, 0.25) is 0 Å². The number of halogens is 4. The van der Waals surface area contributed by atoms with Crippen LogP contribution in [0.4, 0.5) is 23.4 Å². The summed E-state index contributed by atoms with van der Waals surface area (Å²) in [5.41, 5.74) is -0.605. The minimum Gasteiger partial charge on any atom is -0.367 e. The van der Waals surface area contributed by atoms with Crippen LogP contribution in [0.15, 0.2) is 42.7 Å². The van der Waals surface area contributed by atoms with Crippen molar-refractivity contribution in [1.82, 2.24) is 30.1 Å². The number of aromatic nitrogens is 5. The number of carbonyl (C=O) groups excluding carboxylic acids is 1. The molecule has 1 fully saturated rings. The van der Waals surface area contributed by atoms with Gasteiger partial charge in [-0.2, -0.15) is 28.2 Å². The minimum atomic E-state index is -4.57. The first-order valence-corrected chi connectivity index (χ1v) is 10.4. The van der Waals surface area contributed by atoms with Crippen LogP contribution in [0.1, 0.15) is 35.8 Å². The van der Waals surface area contributed by atoms with Crippen LogP contribution in [0.3, 0.4) is 0 Å². The van der Waals surface area contributed by atoms with Crippen molar-refractivity contribution < 1.29 is 22.4 Å². The fourth-order valence-electron chi connectivity index (χ4n) is 3.95. The summed E-state index contributed by atoms with van der Waals surface area (Å²) < 4.78 is 52.2. The van der Waals surface area contributed by atoms with Crippen molar-refractivity contribution in [2.45, 2.75) is 32.0 Å². The number of rotatable bonds is 5. The standard InChI is InChI=1S/C21H21F4N7O/c1-13-3-2-10-31(17(13)12-26-19-7-6-18(29-30-19)21(23,24)25)20(33)15-11-14(22)4-5-16(15)32-27-8-9-28-32/h4-9,11,13,17H,2-3,10,12H2,1H3,(H,26,30)/t13-,17-/m1/s1. The first-order chi connectivity index (χ1) is 15.7. The Kier molecular flexibility index (Phi) is 6.25. The summed E-state index contributed by atoms with van der Waals surface area (Å²) in [6.07, 6.45) is -0.0186. The highest BCUT2D eigenvalue weighted by Crippen LogP contribution is 2.29. The van der Waals surface area contributed by atoms with Gasteiger partial charge in [0.15, 0.2) is 5.69 Å². The Balaban J connectivity index is 1.55. The number of piperidine rings is 1. The smallest absolute Gasteiger partial charge is 0.367 e. The number of hydrogen-bond donors (Lipinski definition) is 1. The molecule has 3 aromatic rings. The van der Waals surface area contributed by atoms with Crippen molar-refractivity contribution >= 4 is 11.7 Å². The Bertz CT molecular complexity index is 1100. The number of likely N-dealkylation sites (tertiary alicyclic amines) is 1. The maximum absolute atomic E-state index is 14.0. The largest absolute Gasteiger partial charge is 0.435 e. The summed E-state index contributed by atoms with van der Waals surface area (Å²) in [6, 6.07) is 5.59. The van der Waals surface area contributed by atoms with Crippen molar-refractivity contribution in [3.8, 4) is 5.69 Å². The van der Waals surface area contributed by atoms with E-state index in [1.165, 1.54) is 35.4 Å². The Labute approximate surface area is 186 Å². The third kappa shape index (κ3) is 4.94. The topological polar surface area (TPSA) is 88.8 Å². The van der Waals surface area contributed by atoms with E-state index >= 15 is 0 Å². The van der Waals surface area contributed by atoms with Crippen molar-refractivity contribution in [2.24, 2.45) is 5.92 Å². The lowest BCUT2D eigenvalue weighted by Crippen LogP contribution is -2.51. The molecule has 0 spiro atoms. The Morgan fingerprint density at radius 3 is 2.58 bits per heavy atom. The minimum absolute atomic E-state index is 0.0949. The van der Waals surface area contributed by atoms with Gasteiger partial charge in [0.1, 0.15) is 11.6 Å². The number of amides is 1. The van der Waals surface area contributed by atoms with E-state index in [1.807, 2.05) is 6.92 Å². The predicted molar refractivity (Wildman–Crippen MR) is 110 cm³/mol. The first-order valence-electron chi connectivity index (χ1n) is 10.4. The number of carbonyl (C=O) groups is 1. The molecule has 174 valence electrons. The van der Waals surface area contributed by atoms with E-state index in [0.29, 0.717) is 12.2 Å². The molecule has 8 nitrogen and oxygen atoms in total. The van der Waals surface area contributed by atoms with Gasteiger partial charge in [0.05, 0.1) is 29.7 Å². The molecule has 1 saturated heterocycles. The summed E-state index contributed by atoms with van der Waals surface area (Å²) >= 11 is 0. The molecule has 0 aliphatic carbocycles. The maximum Gasteiger partial charge on any atom is 0.435 e. The molecule has 1 aromatic carbocycles. The Morgan fingerprint density at radius 1 is 1.15 bits per heavy atom. The molecule has 33 heavy (non-hydrogen) atoms. The number of benzene rings is 1. The molecule has 1 N–H and O–H groups in total. The molecular weight excluding hydrogens is 442 g/mol. The van der Waals surface area contributed by atoms with E-state index < -0.39 is 17.7 Å². The molecule has 0 saturated carbocycles. The predicted octanol–water partition coefficient (Wildman–Crippen LogP) is 3.57. The number of nitrogens with one attached hydrogen (secondary N) is 1. The van der Waals surface area contributed by atoms with Crippen molar-refractivity contribution in [2.75, 3.05) is 18.4 Å². The lowest BCUT2D eigenvalue weighted by atomic mass is 9.90. The summed E-state index contributed by atoms with van der Waals surface area (Å²) in [5, 5.41) is 17.9. The second-order valence-corrected chi connectivity index (χ2v) is 7.85. The normalized spacial score (nSPS) is 18.9. The molecule has 0 unspecified atom stereocenters. The summed E-state index contributed by atoms with van der Waals surface area (Å²) in [6.45, 7) is 2.69. The van der Waals surface area contributed by atoms with Gasteiger partial charge in [0, 0.05) is 13.1 Å². The summed E-state index contributed by atoms with van der Waals surface area (Å²) in [5.74, 6) is -0.675. The van der Waals surface area contributed by atoms with E-state index in [1.54, 1.807) is 4.90 Å². The van der Waals surface area contributed by atoms with E-state index in [-0.39, 0.29) is 35.8 Å². The molecule has 1 amide bonds. The van der Waals surface area contributed by atoms with Crippen LogP contribution < -0.4 is 5.32 Å². The quantitative estimate of drug-likeness (QED) is 0.582. The molecule has 4 rings (SSSR count). The highest BCUT2D eigenvalue weighted by Gasteiger charge is 2.35. The van der Waals surface area contributed by atoms with Gasteiger partial charge >= 0.3 is 6.18 Å². The first kappa shape index (κ1) is 22.6. The second kappa shape index (κ2) is 9.12. The molecule has 2 atom stereocenters.